The van der Waals surface area contributed by atoms with Gasteiger partial charge in [0.1, 0.15) is 5.82 Å². The summed E-state index contributed by atoms with van der Waals surface area (Å²) in [5, 5.41) is 11.5. The zero-order valence-corrected chi connectivity index (χ0v) is 10.9. The minimum absolute atomic E-state index is 0.106. The van der Waals surface area contributed by atoms with Gasteiger partial charge in [0.15, 0.2) is 5.84 Å². The van der Waals surface area contributed by atoms with Crippen LogP contribution in [-0.2, 0) is 6.54 Å². The van der Waals surface area contributed by atoms with Gasteiger partial charge in [-0.1, -0.05) is 17.3 Å². The number of halogens is 1. The summed E-state index contributed by atoms with van der Waals surface area (Å²) in [5.41, 5.74) is 6.54. The standard InChI is InChI=1S/C14H14FN3O2/c1-9-5-6-12(13(16)17-20)14(19)18(9)8-10-3-2-4-11(15)7-10/h2-7,20H,8H2,1H3,(H2,16,17). The van der Waals surface area contributed by atoms with Crippen molar-refractivity contribution in [1.29, 1.82) is 0 Å². The van der Waals surface area contributed by atoms with Crippen LogP contribution in [0.3, 0.4) is 0 Å². The smallest absolute Gasteiger partial charge is 0.262 e. The quantitative estimate of drug-likeness (QED) is 0.385. The highest BCUT2D eigenvalue weighted by atomic mass is 19.1. The van der Waals surface area contributed by atoms with Gasteiger partial charge >= 0.3 is 0 Å². The molecule has 0 saturated carbocycles. The third-order valence-corrected chi connectivity index (χ3v) is 3.01. The molecule has 0 amide bonds. The number of hydrogen-bond acceptors (Lipinski definition) is 3. The molecule has 2 aromatic rings. The molecule has 0 saturated heterocycles. The number of amidine groups is 1. The molecule has 0 aliphatic heterocycles. The lowest BCUT2D eigenvalue weighted by atomic mass is 10.2. The number of oxime groups is 1. The van der Waals surface area contributed by atoms with E-state index in [9.17, 15) is 9.18 Å². The minimum atomic E-state index is -0.385. The van der Waals surface area contributed by atoms with Crippen molar-refractivity contribution in [2.45, 2.75) is 13.5 Å². The van der Waals surface area contributed by atoms with Gasteiger partial charge in [-0.25, -0.2) is 4.39 Å². The summed E-state index contributed by atoms with van der Waals surface area (Å²) in [4.78, 5) is 12.3. The Morgan fingerprint density at radius 1 is 1.40 bits per heavy atom. The Hall–Kier alpha value is -2.63. The summed E-state index contributed by atoms with van der Waals surface area (Å²) in [7, 11) is 0. The van der Waals surface area contributed by atoms with Crippen molar-refractivity contribution < 1.29 is 9.60 Å². The third kappa shape index (κ3) is 2.69. The fourth-order valence-electron chi connectivity index (χ4n) is 1.93. The third-order valence-electron chi connectivity index (χ3n) is 3.01. The van der Waals surface area contributed by atoms with Crippen LogP contribution in [0.4, 0.5) is 4.39 Å². The Morgan fingerprint density at radius 2 is 2.15 bits per heavy atom. The second-order valence-corrected chi connectivity index (χ2v) is 4.39. The van der Waals surface area contributed by atoms with Crippen LogP contribution in [-0.4, -0.2) is 15.6 Å². The van der Waals surface area contributed by atoms with Crippen LogP contribution in [0.2, 0.25) is 0 Å². The van der Waals surface area contributed by atoms with Gasteiger partial charge < -0.3 is 15.5 Å². The predicted octanol–water partition coefficient (Wildman–Crippen LogP) is 1.44. The minimum Gasteiger partial charge on any atom is -0.409 e. The highest BCUT2D eigenvalue weighted by Gasteiger charge is 2.10. The molecule has 0 radical (unpaired) electrons. The molecule has 1 aromatic carbocycles. The van der Waals surface area contributed by atoms with Gasteiger partial charge in [-0.3, -0.25) is 4.79 Å². The summed E-state index contributed by atoms with van der Waals surface area (Å²) >= 11 is 0. The zero-order chi connectivity index (χ0) is 14.7. The van der Waals surface area contributed by atoms with Crippen molar-refractivity contribution in [2.24, 2.45) is 10.9 Å². The first-order valence-corrected chi connectivity index (χ1v) is 5.95. The molecule has 0 bridgehead atoms. The molecule has 0 spiro atoms. The summed E-state index contributed by atoms with van der Waals surface area (Å²) in [6.45, 7) is 1.98. The fourth-order valence-corrected chi connectivity index (χ4v) is 1.93. The van der Waals surface area contributed by atoms with E-state index in [0.717, 1.165) is 0 Å². The van der Waals surface area contributed by atoms with Crippen LogP contribution in [0.25, 0.3) is 0 Å². The Balaban J connectivity index is 2.49. The van der Waals surface area contributed by atoms with E-state index in [4.69, 9.17) is 10.9 Å². The predicted molar refractivity (Wildman–Crippen MR) is 73.5 cm³/mol. The van der Waals surface area contributed by atoms with E-state index in [1.54, 1.807) is 25.1 Å². The van der Waals surface area contributed by atoms with Crippen LogP contribution in [0.5, 0.6) is 0 Å². The summed E-state index contributed by atoms with van der Waals surface area (Å²) in [6.07, 6.45) is 0. The number of nitrogens with two attached hydrogens (primary N) is 1. The molecule has 6 heteroatoms. The van der Waals surface area contributed by atoms with Crippen LogP contribution < -0.4 is 11.3 Å². The van der Waals surface area contributed by atoms with Gasteiger partial charge in [0.2, 0.25) is 0 Å². The maximum absolute atomic E-state index is 13.2. The van der Waals surface area contributed by atoms with E-state index in [1.807, 2.05) is 0 Å². The van der Waals surface area contributed by atoms with Crippen LogP contribution in [0, 0.1) is 12.7 Å². The monoisotopic (exact) mass is 275 g/mol. The molecular formula is C14H14FN3O2. The molecule has 1 aromatic heterocycles. The topological polar surface area (TPSA) is 80.6 Å². The first-order chi connectivity index (χ1) is 9.52. The lowest BCUT2D eigenvalue weighted by molar-refractivity contribution is 0.318. The van der Waals surface area contributed by atoms with E-state index in [0.29, 0.717) is 11.3 Å². The Kier molecular flexibility index (Phi) is 3.84. The molecule has 104 valence electrons. The number of nitrogens with zero attached hydrogens (tertiary/aromatic N) is 2. The molecule has 0 fully saturated rings. The lowest BCUT2D eigenvalue weighted by Crippen LogP contribution is -2.31. The lowest BCUT2D eigenvalue weighted by Gasteiger charge is -2.11. The first-order valence-electron chi connectivity index (χ1n) is 5.95. The highest BCUT2D eigenvalue weighted by Crippen LogP contribution is 2.07. The first kappa shape index (κ1) is 13.8. The number of rotatable bonds is 3. The molecule has 0 atom stereocenters. The molecule has 1 heterocycles. The number of aryl methyl sites for hydroxylation is 1. The second-order valence-electron chi connectivity index (χ2n) is 4.39. The van der Waals surface area contributed by atoms with Gasteiger partial charge in [0.25, 0.3) is 5.56 Å². The van der Waals surface area contributed by atoms with Crippen molar-refractivity contribution >= 4 is 5.84 Å². The van der Waals surface area contributed by atoms with Gasteiger partial charge in [0, 0.05) is 5.69 Å². The van der Waals surface area contributed by atoms with E-state index >= 15 is 0 Å². The van der Waals surface area contributed by atoms with E-state index in [-0.39, 0.29) is 29.3 Å². The SMILES string of the molecule is Cc1ccc(/C(N)=N/O)c(=O)n1Cc1cccc(F)c1. The molecule has 2 rings (SSSR count). The second kappa shape index (κ2) is 5.56. The molecule has 20 heavy (non-hydrogen) atoms. The largest absolute Gasteiger partial charge is 0.409 e. The Morgan fingerprint density at radius 3 is 2.80 bits per heavy atom. The fraction of sp³-hybridized carbons (Fsp3) is 0.143. The van der Waals surface area contributed by atoms with Gasteiger partial charge in [0.05, 0.1) is 12.1 Å². The van der Waals surface area contributed by atoms with Gasteiger partial charge in [-0.05, 0) is 36.8 Å². The van der Waals surface area contributed by atoms with Crippen molar-refractivity contribution in [3.8, 4) is 0 Å². The number of benzene rings is 1. The van der Waals surface area contributed by atoms with E-state index in [1.165, 1.54) is 22.8 Å². The summed E-state index contributed by atoms with van der Waals surface area (Å²) in [5.74, 6) is -0.608. The molecule has 0 unspecified atom stereocenters. The van der Waals surface area contributed by atoms with Crippen molar-refractivity contribution in [2.75, 3.05) is 0 Å². The van der Waals surface area contributed by atoms with Crippen molar-refractivity contribution in [1.82, 2.24) is 4.57 Å². The number of hydrogen-bond donors (Lipinski definition) is 2. The maximum Gasteiger partial charge on any atom is 0.262 e. The average Bonchev–Trinajstić information content (AvgIpc) is 2.43. The van der Waals surface area contributed by atoms with Gasteiger partial charge in [-0.2, -0.15) is 0 Å². The molecule has 3 N–H and O–H groups in total. The molecular weight excluding hydrogens is 261 g/mol. The molecule has 5 nitrogen and oxygen atoms in total. The van der Waals surface area contributed by atoms with Crippen LogP contribution in [0.15, 0.2) is 46.3 Å². The number of pyridine rings is 1. The maximum atomic E-state index is 13.2. The van der Waals surface area contributed by atoms with Crippen molar-refractivity contribution in [3.05, 3.63) is 69.4 Å². The highest BCUT2D eigenvalue weighted by molar-refractivity contribution is 5.96. The van der Waals surface area contributed by atoms with Crippen LogP contribution in [0.1, 0.15) is 16.8 Å². The number of aromatic nitrogens is 1. The molecule has 0 aliphatic carbocycles. The van der Waals surface area contributed by atoms with E-state index < -0.39 is 0 Å². The Labute approximate surface area is 114 Å². The Bertz CT molecular complexity index is 723. The van der Waals surface area contributed by atoms with E-state index in [2.05, 4.69) is 5.16 Å². The summed E-state index contributed by atoms with van der Waals surface area (Å²) in [6, 6.07) is 9.19. The molecule has 0 aliphatic rings. The van der Waals surface area contributed by atoms with Crippen LogP contribution >= 0.6 is 0 Å². The summed E-state index contributed by atoms with van der Waals surface area (Å²) < 4.78 is 14.6. The zero-order valence-electron chi connectivity index (χ0n) is 10.9. The normalized spacial score (nSPS) is 11.6. The van der Waals surface area contributed by atoms with Crippen molar-refractivity contribution in [3.63, 3.8) is 0 Å². The average molecular weight is 275 g/mol. The van der Waals surface area contributed by atoms with Gasteiger partial charge in [-0.15, -0.1) is 0 Å².